The molecule has 0 unspecified atom stereocenters. The highest BCUT2D eigenvalue weighted by Gasteiger charge is 2.12. The summed E-state index contributed by atoms with van der Waals surface area (Å²) in [6.07, 6.45) is 1.21. The molecular weight excluding hydrogens is 264 g/mol. The van der Waals surface area contributed by atoms with Crippen molar-refractivity contribution in [3.63, 3.8) is 0 Å². The van der Waals surface area contributed by atoms with E-state index in [4.69, 9.17) is 0 Å². The zero-order valence-electron chi connectivity index (χ0n) is 11.9. The van der Waals surface area contributed by atoms with E-state index in [0.717, 1.165) is 12.1 Å². The molecule has 0 atom stereocenters. The van der Waals surface area contributed by atoms with E-state index >= 15 is 0 Å². The summed E-state index contributed by atoms with van der Waals surface area (Å²) < 4.78 is 0. The van der Waals surface area contributed by atoms with Gasteiger partial charge in [0.05, 0.1) is 11.3 Å². The molecule has 4 heteroatoms. The molecule has 0 aliphatic heterocycles. The fourth-order valence-electron chi connectivity index (χ4n) is 1.95. The van der Waals surface area contributed by atoms with Gasteiger partial charge in [0.25, 0.3) is 5.91 Å². The molecule has 0 saturated carbocycles. The van der Waals surface area contributed by atoms with Crippen LogP contribution >= 0.6 is 0 Å². The Labute approximate surface area is 124 Å². The van der Waals surface area contributed by atoms with Crippen molar-refractivity contribution < 1.29 is 9.59 Å². The van der Waals surface area contributed by atoms with Gasteiger partial charge in [-0.25, -0.2) is 0 Å². The lowest BCUT2D eigenvalue weighted by Gasteiger charge is -2.11. The van der Waals surface area contributed by atoms with Gasteiger partial charge in [0.1, 0.15) is 0 Å². The first-order valence-corrected chi connectivity index (χ1v) is 6.96. The van der Waals surface area contributed by atoms with Crippen molar-refractivity contribution in [2.45, 2.75) is 19.8 Å². The Morgan fingerprint density at radius 1 is 0.905 bits per heavy atom. The highest BCUT2D eigenvalue weighted by atomic mass is 16.2. The number of amides is 2. The van der Waals surface area contributed by atoms with Gasteiger partial charge in [-0.15, -0.1) is 0 Å². The number of benzene rings is 2. The van der Waals surface area contributed by atoms with Crippen LogP contribution in [0.4, 0.5) is 11.4 Å². The molecule has 0 saturated heterocycles. The third-order valence-corrected chi connectivity index (χ3v) is 2.95. The minimum absolute atomic E-state index is 0.0857. The van der Waals surface area contributed by atoms with Gasteiger partial charge in [-0.3, -0.25) is 9.59 Å². The second-order valence-electron chi connectivity index (χ2n) is 4.66. The summed E-state index contributed by atoms with van der Waals surface area (Å²) in [4.78, 5) is 24.0. The predicted octanol–water partition coefficient (Wildman–Crippen LogP) is 3.68. The topological polar surface area (TPSA) is 58.2 Å². The second-order valence-corrected chi connectivity index (χ2v) is 4.66. The quantitative estimate of drug-likeness (QED) is 0.879. The van der Waals surface area contributed by atoms with Crippen LogP contribution in [0.2, 0.25) is 0 Å². The molecule has 4 nitrogen and oxygen atoms in total. The first-order valence-electron chi connectivity index (χ1n) is 6.96. The van der Waals surface area contributed by atoms with Gasteiger partial charge >= 0.3 is 0 Å². The summed E-state index contributed by atoms with van der Waals surface area (Å²) in [5.41, 5.74) is 1.70. The lowest BCUT2D eigenvalue weighted by Crippen LogP contribution is -2.17. The normalized spacial score (nSPS) is 9.95. The van der Waals surface area contributed by atoms with Gasteiger partial charge in [0.2, 0.25) is 5.91 Å². The molecule has 2 amide bonds. The minimum Gasteiger partial charge on any atom is -0.325 e. The zero-order chi connectivity index (χ0) is 15.1. The molecule has 21 heavy (non-hydrogen) atoms. The Morgan fingerprint density at radius 2 is 1.57 bits per heavy atom. The number of para-hydroxylation sites is 2. The van der Waals surface area contributed by atoms with Gasteiger partial charge in [-0.2, -0.15) is 0 Å². The van der Waals surface area contributed by atoms with E-state index in [1.54, 1.807) is 24.3 Å². The summed E-state index contributed by atoms with van der Waals surface area (Å²) in [6, 6.07) is 16.2. The standard InChI is InChI=1S/C17H18N2O2/c1-2-8-16(20)19-15-12-7-6-11-14(15)17(21)18-13-9-4-3-5-10-13/h3-7,9-12H,2,8H2,1H3,(H,18,21)(H,19,20). The lowest BCUT2D eigenvalue weighted by molar-refractivity contribution is -0.116. The van der Waals surface area contributed by atoms with Gasteiger partial charge in [-0.05, 0) is 30.7 Å². The van der Waals surface area contributed by atoms with E-state index in [2.05, 4.69) is 10.6 Å². The number of nitrogens with one attached hydrogen (secondary N) is 2. The fraction of sp³-hybridized carbons (Fsp3) is 0.176. The molecular formula is C17H18N2O2. The van der Waals surface area contributed by atoms with E-state index in [-0.39, 0.29) is 11.8 Å². The van der Waals surface area contributed by atoms with Crippen LogP contribution in [-0.4, -0.2) is 11.8 Å². The molecule has 0 aromatic heterocycles. The van der Waals surface area contributed by atoms with Crippen LogP contribution in [-0.2, 0) is 4.79 Å². The van der Waals surface area contributed by atoms with Crippen LogP contribution in [0.15, 0.2) is 54.6 Å². The van der Waals surface area contributed by atoms with Crippen molar-refractivity contribution in [1.29, 1.82) is 0 Å². The molecule has 0 aliphatic rings. The number of carbonyl (C=O) groups is 2. The van der Waals surface area contributed by atoms with Crippen molar-refractivity contribution in [1.82, 2.24) is 0 Å². The maximum Gasteiger partial charge on any atom is 0.257 e. The molecule has 2 aromatic carbocycles. The summed E-state index contributed by atoms with van der Waals surface area (Å²) in [7, 11) is 0. The second kappa shape index (κ2) is 7.24. The molecule has 0 heterocycles. The maximum absolute atomic E-state index is 12.3. The van der Waals surface area contributed by atoms with Crippen LogP contribution < -0.4 is 10.6 Å². The van der Waals surface area contributed by atoms with Crippen LogP contribution in [0, 0.1) is 0 Å². The van der Waals surface area contributed by atoms with Crippen molar-refractivity contribution in [3.8, 4) is 0 Å². The van der Waals surface area contributed by atoms with E-state index in [0.29, 0.717) is 17.7 Å². The Kier molecular flexibility index (Phi) is 5.10. The molecule has 108 valence electrons. The Morgan fingerprint density at radius 3 is 2.29 bits per heavy atom. The average molecular weight is 282 g/mol. The zero-order valence-corrected chi connectivity index (χ0v) is 11.9. The molecule has 0 bridgehead atoms. The molecule has 2 rings (SSSR count). The number of carbonyl (C=O) groups excluding carboxylic acids is 2. The summed E-state index contributed by atoms with van der Waals surface area (Å²) in [5.74, 6) is -0.328. The third kappa shape index (κ3) is 4.18. The first-order chi connectivity index (χ1) is 10.2. The van der Waals surface area contributed by atoms with Crippen LogP contribution in [0.3, 0.4) is 0 Å². The highest BCUT2D eigenvalue weighted by molar-refractivity contribution is 6.10. The number of hydrogen-bond donors (Lipinski definition) is 2. The molecule has 2 aromatic rings. The van der Waals surface area contributed by atoms with Crippen LogP contribution in [0.1, 0.15) is 30.1 Å². The number of anilines is 2. The fourth-order valence-corrected chi connectivity index (χ4v) is 1.95. The maximum atomic E-state index is 12.3. The summed E-state index contributed by atoms with van der Waals surface area (Å²) >= 11 is 0. The third-order valence-electron chi connectivity index (χ3n) is 2.95. The Hall–Kier alpha value is -2.62. The Balaban J connectivity index is 2.15. The lowest BCUT2D eigenvalue weighted by atomic mass is 10.1. The predicted molar refractivity (Wildman–Crippen MR) is 84.4 cm³/mol. The van der Waals surface area contributed by atoms with Gasteiger partial charge in [0.15, 0.2) is 0 Å². The van der Waals surface area contributed by atoms with Crippen molar-refractivity contribution in [2.75, 3.05) is 10.6 Å². The van der Waals surface area contributed by atoms with Gasteiger partial charge < -0.3 is 10.6 Å². The summed E-state index contributed by atoms with van der Waals surface area (Å²) in [6.45, 7) is 1.94. The highest BCUT2D eigenvalue weighted by Crippen LogP contribution is 2.17. The van der Waals surface area contributed by atoms with Crippen molar-refractivity contribution in [2.24, 2.45) is 0 Å². The van der Waals surface area contributed by atoms with Crippen LogP contribution in [0.25, 0.3) is 0 Å². The van der Waals surface area contributed by atoms with E-state index < -0.39 is 0 Å². The molecule has 0 aliphatic carbocycles. The smallest absolute Gasteiger partial charge is 0.257 e. The largest absolute Gasteiger partial charge is 0.325 e. The molecule has 0 spiro atoms. The van der Waals surface area contributed by atoms with E-state index in [9.17, 15) is 9.59 Å². The van der Waals surface area contributed by atoms with Crippen LogP contribution in [0.5, 0.6) is 0 Å². The SMILES string of the molecule is CCCC(=O)Nc1ccccc1C(=O)Nc1ccccc1. The molecule has 0 fully saturated rings. The van der Waals surface area contributed by atoms with Gasteiger partial charge in [-0.1, -0.05) is 37.3 Å². The summed E-state index contributed by atoms with van der Waals surface area (Å²) in [5, 5.41) is 5.59. The van der Waals surface area contributed by atoms with Gasteiger partial charge in [0, 0.05) is 12.1 Å². The van der Waals surface area contributed by atoms with E-state index in [1.807, 2.05) is 37.3 Å². The first kappa shape index (κ1) is 14.8. The number of hydrogen-bond acceptors (Lipinski definition) is 2. The van der Waals surface area contributed by atoms with E-state index in [1.165, 1.54) is 0 Å². The van der Waals surface area contributed by atoms with Crippen molar-refractivity contribution in [3.05, 3.63) is 60.2 Å². The van der Waals surface area contributed by atoms with Crippen molar-refractivity contribution >= 4 is 23.2 Å². The average Bonchev–Trinajstić information content (AvgIpc) is 2.49. The molecule has 2 N–H and O–H groups in total. The molecule has 0 radical (unpaired) electrons. The minimum atomic E-state index is -0.242. The monoisotopic (exact) mass is 282 g/mol. The Bertz CT molecular complexity index is 624. The number of rotatable bonds is 5.